The third kappa shape index (κ3) is 2.75. The zero-order valence-electron chi connectivity index (χ0n) is 12.5. The van der Waals surface area contributed by atoms with Gasteiger partial charge in [-0.1, -0.05) is 29.6 Å². The summed E-state index contributed by atoms with van der Waals surface area (Å²) < 4.78 is 0. The minimum Gasteiger partial charge on any atom is -0.317 e. The Morgan fingerprint density at radius 2 is 1.55 bits per heavy atom. The van der Waals surface area contributed by atoms with E-state index in [9.17, 15) is 9.59 Å². The molecule has 0 aromatic heterocycles. The quantitative estimate of drug-likeness (QED) is 0.857. The fourth-order valence-electron chi connectivity index (χ4n) is 3.40. The van der Waals surface area contributed by atoms with Gasteiger partial charge in [0.2, 0.25) is 0 Å². The number of nitrogens with one attached hydrogen (secondary N) is 1. The van der Waals surface area contributed by atoms with E-state index in [0.717, 1.165) is 12.8 Å². The van der Waals surface area contributed by atoms with Crippen LogP contribution in [-0.4, -0.2) is 36.5 Å². The van der Waals surface area contributed by atoms with Crippen molar-refractivity contribution in [1.29, 1.82) is 0 Å². The lowest BCUT2D eigenvalue weighted by molar-refractivity contribution is -0.914. The van der Waals surface area contributed by atoms with Crippen LogP contribution in [0.1, 0.15) is 52.8 Å². The number of halogens is 2. The molecule has 0 radical (unpaired) electrons. The summed E-state index contributed by atoms with van der Waals surface area (Å²) in [7, 11) is 2.06. The Bertz CT molecular complexity index is 586. The highest BCUT2D eigenvalue weighted by Gasteiger charge is 2.39. The lowest BCUT2D eigenvalue weighted by atomic mass is 9.95. The molecule has 1 aliphatic carbocycles. The second-order valence-electron chi connectivity index (χ2n) is 6.19. The van der Waals surface area contributed by atoms with Gasteiger partial charge < -0.3 is 4.90 Å². The van der Waals surface area contributed by atoms with Crippen LogP contribution in [0, 0.1) is 0 Å². The van der Waals surface area contributed by atoms with Crippen molar-refractivity contribution in [1.82, 2.24) is 4.90 Å². The summed E-state index contributed by atoms with van der Waals surface area (Å²) in [6, 6.07) is 3.51. The second kappa shape index (κ2) is 6.19. The van der Waals surface area contributed by atoms with Crippen molar-refractivity contribution in [2.45, 2.75) is 38.1 Å². The summed E-state index contributed by atoms with van der Waals surface area (Å²) in [5, 5.41) is 0.604. The van der Waals surface area contributed by atoms with Crippen molar-refractivity contribution in [2.75, 3.05) is 13.7 Å². The van der Waals surface area contributed by atoms with Crippen LogP contribution in [-0.2, 0) is 0 Å². The molecular weight excluding hydrogens is 323 g/mol. The van der Waals surface area contributed by atoms with E-state index in [1.54, 1.807) is 0 Å². The van der Waals surface area contributed by atoms with E-state index in [2.05, 4.69) is 7.05 Å². The molecule has 3 rings (SSSR count). The first kappa shape index (κ1) is 15.8. The number of rotatable bonds is 3. The van der Waals surface area contributed by atoms with Crippen LogP contribution >= 0.6 is 23.2 Å². The minimum absolute atomic E-state index is 0.270. The molecular formula is C16H19Cl2N2O2+. The number of hydrogen-bond acceptors (Lipinski definition) is 2. The Balaban J connectivity index is 1.78. The highest BCUT2D eigenvalue weighted by atomic mass is 35.5. The van der Waals surface area contributed by atoms with E-state index < -0.39 is 0 Å². The Morgan fingerprint density at radius 3 is 2.05 bits per heavy atom. The summed E-state index contributed by atoms with van der Waals surface area (Å²) in [5.41, 5.74) is 0.715. The first-order valence-electron chi connectivity index (χ1n) is 7.66. The average Bonchev–Trinajstić information content (AvgIpc) is 2.74. The van der Waals surface area contributed by atoms with Crippen molar-refractivity contribution in [3.05, 3.63) is 33.3 Å². The number of hydrogen-bond donors (Lipinski definition) is 1. The monoisotopic (exact) mass is 341 g/mol. The number of nitrogens with zero attached hydrogens (tertiary/aromatic N) is 1. The maximum absolute atomic E-state index is 12.5. The van der Waals surface area contributed by atoms with Gasteiger partial charge in [-0.25, -0.2) is 4.90 Å². The Labute approximate surface area is 140 Å². The predicted octanol–water partition coefficient (Wildman–Crippen LogP) is 2.39. The molecule has 1 unspecified atom stereocenters. The van der Waals surface area contributed by atoms with Gasteiger partial charge in [0.1, 0.15) is 0 Å². The van der Waals surface area contributed by atoms with Crippen molar-refractivity contribution < 1.29 is 14.5 Å². The van der Waals surface area contributed by atoms with Gasteiger partial charge in [-0.05, 0) is 37.8 Å². The molecule has 0 spiro atoms. The first-order chi connectivity index (χ1) is 10.5. The van der Waals surface area contributed by atoms with E-state index in [1.165, 1.54) is 41.2 Å². The van der Waals surface area contributed by atoms with Gasteiger partial charge in [-0.15, -0.1) is 0 Å². The molecule has 1 saturated carbocycles. The zero-order chi connectivity index (χ0) is 15.9. The van der Waals surface area contributed by atoms with Gasteiger partial charge in [-0.3, -0.25) is 9.59 Å². The van der Waals surface area contributed by atoms with Gasteiger partial charge in [0.25, 0.3) is 11.8 Å². The van der Waals surface area contributed by atoms with Gasteiger partial charge in [0, 0.05) is 0 Å². The number of carbonyl (C=O) groups is 2. The maximum atomic E-state index is 12.5. The lowest BCUT2D eigenvalue weighted by Crippen LogP contribution is -3.14. The largest absolute Gasteiger partial charge is 0.317 e. The topological polar surface area (TPSA) is 41.8 Å². The van der Waals surface area contributed by atoms with Crippen LogP contribution < -0.4 is 4.90 Å². The first-order valence-corrected chi connectivity index (χ1v) is 8.42. The molecule has 1 aromatic carbocycles. The van der Waals surface area contributed by atoms with Crippen LogP contribution in [0.25, 0.3) is 0 Å². The average molecular weight is 342 g/mol. The normalized spacial score (nSPS) is 20.4. The fraction of sp³-hybridized carbons (Fsp3) is 0.500. The summed E-state index contributed by atoms with van der Waals surface area (Å²) in [6.07, 6.45) is 6.07. The van der Waals surface area contributed by atoms with Crippen LogP contribution in [0.15, 0.2) is 12.1 Å². The van der Waals surface area contributed by atoms with Crippen molar-refractivity contribution in [3.8, 4) is 0 Å². The summed E-state index contributed by atoms with van der Waals surface area (Å²) >= 11 is 11.9. The second-order valence-corrected chi connectivity index (χ2v) is 7.00. The van der Waals surface area contributed by atoms with Crippen LogP contribution in [0.2, 0.25) is 10.0 Å². The molecule has 118 valence electrons. The standard InChI is InChI=1S/C16H18Cl2N2O2/c1-19(10-5-3-2-4-6-10)9-20-15(21)11-7-13(17)14(18)8-12(11)16(20)22/h7-8,10H,2-6,9H2,1H3/p+1. The van der Waals surface area contributed by atoms with Gasteiger partial charge in [-0.2, -0.15) is 0 Å². The Hall–Kier alpha value is -1.10. The van der Waals surface area contributed by atoms with E-state index in [0.29, 0.717) is 33.9 Å². The van der Waals surface area contributed by atoms with Crippen LogP contribution in [0.3, 0.4) is 0 Å². The van der Waals surface area contributed by atoms with Crippen molar-refractivity contribution >= 4 is 35.0 Å². The fourth-order valence-corrected chi connectivity index (χ4v) is 3.73. The number of carbonyl (C=O) groups excluding carboxylic acids is 2. The molecule has 2 amide bonds. The molecule has 0 saturated heterocycles. The van der Waals surface area contributed by atoms with E-state index >= 15 is 0 Å². The number of quaternary nitrogens is 1. The van der Waals surface area contributed by atoms with E-state index in [4.69, 9.17) is 23.2 Å². The smallest absolute Gasteiger partial charge is 0.266 e. The highest BCUT2D eigenvalue weighted by Crippen LogP contribution is 2.31. The molecule has 1 heterocycles. The molecule has 1 atom stereocenters. The molecule has 6 heteroatoms. The molecule has 2 aliphatic rings. The highest BCUT2D eigenvalue weighted by molar-refractivity contribution is 6.43. The summed E-state index contributed by atoms with van der Waals surface area (Å²) in [5.74, 6) is -0.539. The molecule has 1 fully saturated rings. The van der Waals surface area contributed by atoms with Crippen molar-refractivity contribution in [3.63, 3.8) is 0 Å². The summed E-state index contributed by atoms with van der Waals surface area (Å²) in [4.78, 5) is 27.5. The predicted molar refractivity (Wildman–Crippen MR) is 85.6 cm³/mol. The van der Waals surface area contributed by atoms with Crippen LogP contribution in [0.4, 0.5) is 0 Å². The minimum atomic E-state index is -0.270. The molecule has 1 aromatic rings. The van der Waals surface area contributed by atoms with Gasteiger partial charge in [0.05, 0.1) is 34.3 Å². The number of benzene rings is 1. The van der Waals surface area contributed by atoms with Crippen molar-refractivity contribution in [2.24, 2.45) is 0 Å². The van der Waals surface area contributed by atoms with Gasteiger partial charge >= 0.3 is 0 Å². The van der Waals surface area contributed by atoms with E-state index in [1.807, 2.05) is 0 Å². The third-order valence-electron chi connectivity index (χ3n) is 4.72. The Kier molecular flexibility index (Phi) is 4.44. The molecule has 1 aliphatic heterocycles. The van der Waals surface area contributed by atoms with E-state index in [-0.39, 0.29) is 11.8 Å². The SMILES string of the molecule is C[NH+](CN1C(=O)c2cc(Cl)c(Cl)cc2C1=O)C1CCCCC1. The molecule has 4 nitrogen and oxygen atoms in total. The number of imide groups is 1. The Morgan fingerprint density at radius 1 is 1.05 bits per heavy atom. The zero-order valence-corrected chi connectivity index (χ0v) is 14.0. The maximum Gasteiger partial charge on any atom is 0.266 e. The lowest BCUT2D eigenvalue weighted by Gasteiger charge is -2.30. The van der Waals surface area contributed by atoms with Gasteiger partial charge in [0.15, 0.2) is 6.67 Å². The summed E-state index contributed by atoms with van der Waals surface area (Å²) in [6.45, 7) is 0.395. The number of fused-ring (bicyclic) bond motifs is 1. The molecule has 22 heavy (non-hydrogen) atoms. The van der Waals surface area contributed by atoms with Crippen LogP contribution in [0.5, 0.6) is 0 Å². The number of amides is 2. The third-order valence-corrected chi connectivity index (χ3v) is 5.44. The molecule has 0 bridgehead atoms. The molecule has 1 N–H and O–H groups in total.